The zero-order valence-electron chi connectivity index (χ0n) is 9.80. The van der Waals surface area contributed by atoms with Crippen molar-refractivity contribution in [3.63, 3.8) is 0 Å². The van der Waals surface area contributed by atoms with E-state index in [9.17, 15) is 8.42 Å². The average Bonchev–Trinajstić information content (AvgIpc) is 2.34. The molecule has 1 aromatic heterocycles. The van der Waals surface area contributed by atoms with Crippen LogP contribution in [0.15, 0.2) is 41.4 Å². The Hall–Kier alpha value is -1.30. The molecule has 0 aliphatic carbocycles. The number of rotatable bonds is 3. The fourth-order valence-corrected chi connectivity index (χ4v) is 3.07. The highest BCUT2D eigenvalue weighted by molar-refractivity contribution is 7.87. The molecule has 100 valence electrons. The summed E-state index contributed by atoms with van der Waals surface area (Å²) in [6.45, 7) is 1.68. The lowest BCUT2D eigenvalue weighted by Gasteiger charge is -2.09. The fourth-order valence-electron chi connectivity index (χ4n) is 1.38. The van der Waals surface area contributed by atoms with Crippen molar-refractivity contribution in [2.75, 3.05) is 0 Å². The molecule has 0 aliphatic heterocycles. The maximum atomic E-state index is 12.1. The van der Waals surface area contributed by atoms with Gasteiger partial charge in [-0.25, -0.2) is 4.98 Å². The summed E-state index contributed by atoms with van der Waals surface area (Å²) in [5.41, 5.74) is 0.592. The smallest absolute Gasteiger partial charge is 0.342 e. The molecule has 0 fully saturated rings. The van der Waals surface area contributed by atoms with Crippen LogP contribution in [-0.4, -0.2) is 13.4 Å². The van der Waals surface area contributed by atoms with Crippen LogP contribution in [0, 0.1) is 6.92 Å². The molecule has 1 aromatic carbocycles. The number of halogens is 2. The molecule has 0 atom stereocenters. The first kappa shape index (κ1) is 14.1. The van der Waals surface area contributed by atoms with Crippen molar-refractivity contribution in [3.05, 3.63) is 52.1 Å². The van der Waals surface area contributed by atoms with E-state index in [1.807, 2.05) is 0 Å². The molecule has 0 unspecified atom stereocenters. The van der Waals surface area contributed by atoms with Gasteiger partial charge in [0.2, 0.25) is 5.88 Å². The van der Waals surface area contributed by atoms with E-state index < -0.39 is 10.1 Å². The molecule has 0 aliphatic rings. The summed E-state index contributed by atoms with van der Waals surface area (Å²) in [4.78, 5) is 3.65. The van der Waals surface area contributed by atoms with Crippen LogP contribution in [0.4, 0.5) is 0 Å². The quantitative estimate of drug-likeness (QED) is 0.813. The van der Waals surface area contributed by atoms with Crippen molar-refractivity contribution < 1.29 is 12.6 Å². The summed E-state index contributed by atoms with van der Waals surface area (Å²) in [5, 5.41) is 0.397. The van der Waals surface area contributed by atoms with Crippen molar-refractivity contribution in [1.82, 2.24) is 4.98 Å². The van der Waals surface area contributed by atoms with Gasteiger partial charge in [0.1, 0.15) is 4.90 Å². The van der Waals surface area contributed by atoms with Gasteiger partial charge in [-0.3, -0.25) is 0 Å². The summed E-state index contributed by atoms with van der Waals surface area (Å²) in [7, 11) is -4.04. The van der Waals surface area contributed by atoms with Crippen LogP contribution >= 0.6 is 23.2 Å². The van der Waals surface area contributed by atoms with E-state index in [1.54, 1.807) is 19.1 Å². The van der Waals surface area contributed by atoms with Crippen LogP contribution in [0.1, 0.15) is 5.56 Å². The molecule has 0 radical (unpaired) electrons. The predicted octanol–water partition coefficient (Wildman–Crippen LogP) is 3.46. The molecule has 0 saturated heterocycles. The van der Waals surface area contributed by atoms with Crippen molar-refractivity contribution in [1.29, 1.82) is 0 Å². The molecular weight excluding hydrogens is 309 g/mol. The van der Waals surface area contributed by atoms with E-state index in [0.717, 1.165) is 0 Å². The van der Waals surface area contributed by atoms with E-state index in [-0.39, 0.29) is 15.8 Å². The summed E-state index contributed by atoms with van der Waals surface area (Å²) < 4.78 is 29.1. The molecule has 2 rings (SSSR count). The largest absolute Gasteiger partial charge is 0.358 e. The monoisotopic (exact) mass is 317 g/mol. The van der Waals surface area contributed by atoms with E-state index in [1.165, 1.54) is 24.4 Å². The summed E-state index contributed by atoms with van der Waals surface area (Å²) in [6, 6.07) is 7.44. The number of benzene rings is 1. The lowest BCUT2D eigenvalue weighted by Crippen LogP contribution is -2.11. The van der Waals surface area contributed by atoms with Crippen LogP contribution < -0.4 is 4.18 Å². The number of aryl methyl sites for hydroxylation is 1. The number of pyridine rings is 1. The Morgan fingerprint density at radius 1 is 1.16 bits per heavy atom. The Morgan fingerprint density at radius 2 is 1.89 bits per heavy atom. The van der Waals surface area contributed by atoms with Gasteiger partial charge in [0.05, 0.1) is 5.02 Å². The molecule has 4 nitrogen and oxygen atoms in total. The van der Waals surface area contributed by atoms with Crippen molar-refractivity contribution in [2.45, 2.75) is 11.8 Å². The molecule has 0 spiro atoms. The SMILES string of the molecule is Cc1cc(S(=O)(=O)Oc2ccccn2)c(Cl)cc1Cl. The van der Waals surface area contributed by atoms with Gasteiger partial charge in [-0.1, -0.05) is 29.3 Å². The second-order valence-corrected chi connectivity index (χ2v) is 6.07. The summed E-state index contributed by atoms with van der Waals surface area (Å²) >= 11 is 11.8. The van der Waals surface area contributed by atoms with Crippen LogP contribution in [-0.2, 0) is 10.1 Å². The molecular formula is C12H9Cl2NO3S. The highest BCUT2D eigenvalue weighted by Gasteiger charge is 2.22. The van der Waals surface area contributed by atoms with Crippen molar-refractivity contribution in [3.8, 4) is 5.88 Å². The number of hydrogen-bond donors (Lipinski definition) is 0. The Bertz CT molecular complexity index is 702. The Labute approximate surface area is 121 Å². The molecule has 0 amide bonds. The van der Waals surface area contributed by atoms with Gasteiger partial charge in [0.15, 0.2) is 0 Å². The highest BCUT2D eigenvalue weighted by atomic mass is 35.5. The predicted molar refractivity (Wildman–Crippen MR) is 73.2 cm³/mol. The fraction of sp³-hybridized carbons (Fsp3) is 0.0833. The zero-order valence-corrected chi connectivity index (χ0v) is 12.1. The Morgan fingerprint density at radius 3 is 2.53 bits per heavy atom. The Kier molecular flexibility index (Phi) is 3.99. The summed E-state index contributed by atoms with van der Waals surface area (Å²) in [5.74, 6) is -0.0221. The Balaban J connectivity index is 2.43. The number of aromatic nitrogens is 1. The van der Waals surface area contributed by atoms with Gasteiger partial charge in [-0.05, 0) is 30.7 Å². The molecule has 0 N–H and O–H groups in total. The minimum Gasteiger partial charge on any atom is -0.358 e. The van der Waals surface area contributed by atoms with Crippen molar-refractivity contribution >= 4 is 33.3 Å². The van der Waals surface area contributed by atoms with Gasteiger partial charge in [-0.15, -0.1) is 0 Å². The van der Waals surface area contributed by atoms with Crippen molar-refractivity contribution in [2.24, 2.45) is 0 Å². The van der Waals surface area contributed by atoms with Gasteiger partial charge >= 0.3 is 10.1 Å². The van der Waals surface area contributed by atoms with Crippen LogP contribution in [0.25, 0.3) is 0 Å². The standard InChI is InChI=1S/C12H9Cl2NO3S/c1-8-6-11(10(14)7-9(8)13)19(16,17)18-12-4-2-3-5-15-12/h2-7H,1H3. The molecule has 19 heavy (non-hydrogen) atoms. The lowest BCUT2D eigenvalue weighted by atomic mass is 10.2. The maximum Gasteiger partial charge on any atom is 0.342 e. The molecule has 0 bridgehead atoms. The van der Waals surface area contributed by atoms with Gasteiger partial charge < -0.3 is 4.18 Å². The first-order valence-corrected chi connectivity index (χ1v) is 7.38. The lowest BCUT2D eigenvalue weighted by molar-refractivity contribution is 0.476. The van der Waals surface area contributed by atoms with E-state index in [4.69, 9.17) is 27.4 Å². The number of nitrogens with zero attached hydrogens (tertiary/aromatic N) is 1. The first-order chi connectivity index (χ1) is 8.90. The second-order valence-electron chi connectivity index (χ2n) is 3.74. The third kappa shape index (κ3) is 3.18. The van der Waals surface area contributed by atoms with Crippen LogP contribution in [0.5, 0.6) is 5.88 Å². The highest BCUT2D eigenvalue weighted by Crippen LogP contribution is 2.29. The zero-order chi connectivity index (χ0) is 14.0. The van der Waals surface area contributed by atoms with E-state index in [2.05, 4.69) is 4.98 Å². The number of hydrogen-bond acceptors (Lipinski definition) is 4. The molecule has 2 aromatic rings. The van der Waals surface area contributed by atoms with Gasteiger partial charge in [0.25, 0.3) is 0 Å². The maximum absolute atomic E-state index is 12.1. The molecule has 7 heteroatoms. The van der Waals surface area contributed by atoms with E-state index in [0.29, 0.717) is 10.6 Å². The third-order valence-electron chi connectivity index (χ3n) is 2.32. The molecule has 0 saturated carbocycles. The molecule has 1 heterocycles. The van der Waals surface area contributed by atoms with Gasteiger partial charge in [-0.2, -0.15) is 8.42 Å². The van der Waals surface area contributed by atoms with Crippen LogP contribution in [0.2, 0.25) is 10.0 Å². The summed E-state index contributed by atoms with van der Waals surface area (Å²) in [6.07, 6.45) is 1.43. The average molecular weight is 318 g/mol. The topological polar surface area (TPSA) is 56.3 Å². The normalized spacial score (nSPS) is 11.3. The minimum atomic E-state index is -4.04. The van der Waals surface area contributed by atoms with Gasteiger partial charge in [0, 0.05) is 17.3 Å². The first-order valence-electron chi connectivity index (χ1n) is 5.21. The second kappa shape index (κ2) is 5.36. The minimum absolute atomic E-state index is 0.00605. The van der Waals surface area contributed by atoms with E-state index >= 15 is 0 Å². The van der Waals surface area contributed by atoms with Crippen LogP contribution in [0.3, 0.4) is 0 Å². The third-order valence-corrected chi connectivity index (χ3v) is 4.41.